The molecule has 1 amide bonds. The number of nitrogens with zero attached hydrogens (tertiary/aromatic N) is 5. The molecule has 0 aromatic carbocycles. The lowest BCUT2D eigenvalue weighted by Crippen LogP contribution is -2.36. The molecular formula is C21H20Cl2F3N5O. The minimum absolute atomic E-state index is 0. The molecule has 0 atom stereocenters. The molecule has 1 aliphatic rings. The monoisotopic (exact) mass is 485 g/mol. The van der Waals surface area contributed by atoms with Crippen molar-refractivity contribution in [1.29, 1.82) is 0 Å². The zero-order chi connectivity index (χ0) is 22.0. The number of pyridine rings is 3. The molecule has 0 N–H and O–H groups in total. The number of hydrogen-bond donors (Lipinski definition) is 0. The highest BCUT2D eigenvalue weighted by Gasteiger charge is 2.38. The van der Waals surface area contributed by atoms with E-state index < -0.39 is 23.3 Å². The summed E-state index contributed by atoms with van der Waals surface area (Å²) < 4.78 is 40.9. The van der Waals surface area contributed by atoms with Gasteiger partial charge in [0.15, 0.2) is 5.69 Å². The number of aromatic nitrogens is 3. The van der Waals surface area contributed by atoms with E-state index in [-0.39, 0.29) is 17.9 Å². The van der Waals surface area contributed by atoms with E-state index in [4.69, 9.17) is 11.6 Å². The van der Waals surface area contributed by atoms with E-state index in [1.165, 1.54) is 29.4 Å². The summed E-state index contributed by atoms with van der Waals surface area (Å²) in [6.45, 7) is 2.58. The van der Waals surface area contributed by atoms with Crippen LogP contribution >= 0.6 is 24.0 Å². The molecule has 0 radical (unpaired) electrons. The van der Waals surface area contributed by atoms with E-state index in [0.717, 1.165) is 12.1 Å². The zero-order valence-corrected chi connectivity index (χ0v) is 18.4. The van der Waals surface area contributed by atoms with E-state index in [9.17, 15) is 18.0 Å². The molecule has 4 rings (SSSR count). The molecule has 0 unspecified atom stereocenters. The summed E-state index contributed by atoms with van der Waals surface area (Å²) in [5, 5.41) is 0.807. The fraction of sp³-hybridized carbons (Fsp3) is 0.333. The number of rotatable bonds is 3. The van der Waals surface area contributed by atoms with Gasteiger partial charge in [-0.2, -0.15) is 13.2 Å². The van der Waals surface area contributed by atoms with Gasteiger partial charge in [-0.15, -0.1) is 12.4 Å². The summed E-state index contributed by atoms with van der Waals surface area (Å²) in [5.74, 6) is -0.666. The lowest BCUT2D eigenvalue weighted by Gasteiger charge is -2.23. The maximum Gasteiger partial charge on any atom is 0.434 e. The summed E-state index contributed by atoms with van der Waals surface area (Å²) in [6, 6.07) is 6.23. The highest BCUT2D eigenvalue weighted by molar-refractivity contribution is 6.29. The van der Waals surface area contributed by atoms with E-state index >= 15 is 0 Å². The first-order valence-electron chi connectivity index (χ1n) is 9.75. The van der Waals surface area contributed by atoms with E-state index in [1.807, 2.05) is 6.07 Å². The molecule has 0 saturated carbocycles. The van der Waals surface area contributed by atoms with Crippen molar-refractivity contribution in [3.8, 4) is 0 Å². The Morgan fingerprint density at radius 3 is 2.62 bits per heavy atom. The predicted molar refractivity (Wildman–Crippen MR) is 117 cm³/mol. The van der Waals surface area contributed by atoms with Crippen molar-refractivity contribution in [2.75, 3.05) is 26.2 Å². The van der Waals surface area contributed by atoms with Crippen LogP contribution < -0.4 is 0 Å². The van der Waals surface area contributed by atoms with Gasteiger partial charge in [0, 0.05) is 56.7 Å². The van der Waals surface area contributed by atoms with E-state index in [0.29, 0.717) is 43.1 Å². The quantitative estimate of drug-likeness (QED) is 0.512. The minimum Gasteiger partial charge on any atom is -0.337 e. The first-order chi connectivity index (χ1) is 14.8. The van der Waals surface area contributed by atoms with Gasteiger partial charge < -0.3 is 4.90 Å². The van der Waals surface area contributed by atoms with Crippen LogP contribution in [0.25, 0.3) is 10.9 Å². The molecule has 1 fully saturated rings. The standard InChI is InChI=1S/C21H19ClF3N5O.ClH/c22-18-3-2-14(11-27-18)13-29-6-1-7-30(9-8-29)20(31)16-10-15-12-26-5-4-17(15)28-19(16)21(23,24)25;/h2-5,10-12H,1,6-9,13H2;1H. The van der Waals surface area contributed by atoms with Gasteiger partial charge >= 0.3 is 6.18 Å². The number of hydrogen-bond acceptors (Lipinski definition) is 5. The summed E-state index contributed by atoms with van der Waals surface area (Å²) in [7, 11) is 0. The normalized spacial score (nSPS) is 15.3. The van der Waals surface area contributed by atoms with E-state index in [1.54, 1.807) is 12.3 Å². The maximum atomic E-state index is 13.6. The van der Waals surface area contributed by atoms with Crippen LogP contribution in [0.15, 0.2) is 42.9 Å². The molecular weight excluding hydrogens is 466 g/mol. The maximum absolute atomic E-state index is 13.6. The molecule has 170 valence electrons. The lowest BCUT2D eigenvalue weighted by molar-refractivity contribution is -0.141. The van der Waals surface area contributed by atoms with Gasteiger partial charge in [0.2, 0.25) is 0 Å². The average molecular weight is 486 g/mol. The molecule has 32 heavy (non-hydrogen) atoms. The molecule has 3 aromatic rings. The van der Waals surface area contributed by atoms with Crippen molar-refractivity contribution < 1.29 is 18.0 Å². The smallest absolute Gasteiger partial charge is 0.337 e. The molecule has 3 aromatic heterocycles. The molecule has 11 heteroatoms. The fourth-order valence-electron chi connectivity index (χ4n) is 3.66. The van der Waals surface area contributed by atoms with Crippen LogP contribution in [0, 0.1) is 0 Å². The second-order valence-electron chi connectivity index (χ2n) is 7.36. The number of carbonyl (C=O) groups excluding carboxylic acids is 1. The summed E-state index contributed by atoms with van der Waals surface area (Å²) in [6.07, 6.45) is 0.388. The van der Waals surface area contributed by atoms with Crippen LogP contribution in [0.3, 0.4) is 0 Å². The lowest BCUT2D eigenvalue weighted by atomic mass is 10.1. The molecule has 4 heterocycles. The molecule has 1 saturated heterocycles. The predicted octanol–water partition coefficient (Wildman–Crippen LogP) is 4.47. The van der Waals surface area contributed by atoms with Gasteiger partial charge in [0.25, 0.3) is 5.91 Å². The van der Waals surface area contributed by atoms with Crippen molar-refractivity contribution in [3.63, 3.8) is 0 Å². The van der Waals surface area contributed by atoms with Crippen LogP contribution in [0.1, 0.15) is 28.0 Å². The van der Waals surface area contributed by atoms with Crippen LogP contribution in [-0.4, -0.2) is 56.8 Å². The molecule has 0 aliphatic carbocycles. The van der Waals surface area contributed by atoms with Crippen molar-refractivity contribution in [1.82, 2.24) is 24.8 Å². The van der Waals surface area contributed by atoms with Crippen LogP contribution in [0.5, 0.6) is 0 Å². The van der Waals surface area contributed by atoms with Crippen molar-refractivity contribution >= 4 is 40.8 Å². The highest BCUT2D eigenvalue weighted by atomic mass is 35.5. The summed E-state index contributed by atoms with van der Waals surface area (Å²) >= 11 is 5.82. The van der Waals surface area contributed by atoms with Gasteiger partial charge in [0.1, 0.15) is 5.15 Å². The van der Waals surface area contributed by atoms with Crippen molar-refractivity contribution in [2.24, 2.45) is 0 Å². The Bertz CT molecular complexity index is 1090. The third kappa shape index (κ3) is 5.46. The van der Waals surface area contributed by atoms with Crippen LogP contribution in [0.2, 0.25) is 5.15 Å². The second kappa shape index (κ2) is 9.97. The Morgan fingerprint density at radius 2 is 1.91 bits per heavy atom. The molecule has 0 spiro atoms. The first-order valence-corrected chi connectivity index (χ1v) is 10.1. The second-order valence-corrected chi connectivity index (χ2v) is 7.75. The Hall–Kier alpha value is -2.49. The highest BCUT2D eigenvalue weighted by Crippen LogP contribution is 2.33. The third-order valence-electron chi connectivity index (χ3n) is 5.18. The number of fused-ring (bicyclic) bond motifs is 1. The molecule has 1 aliphatic heterocycles. The van der Waals surface area contributed by atoms with Crippen LogP contribution in [0.4, 0.5) is 13.2 Å². The molecule has 0 bridgehead atoms. The number of amides is 1. The Morgan fingerprint density at radius 1 is 1.09 bits per heavy atom. The summed E-state index contributed by atoms with van der Waals surface area (Å²) in [5.41, 5.74) is -0.472. The fourth-order valence-corrected chi connectivity index (χ4v) is 3.77. The molecule has 6 nitrogen and oxygen atoms in total. The van der Waals surface area contributed by atoms with Gasteiger partial charge in [-0.25, -0.2) is 9.97 Å². The largest absolute Gasteiger partial charge is 0.434 e. The van der Waals surface area contributed by atoms with Crippen molar-refractivity contribution in [2.45, 2.75) is 19.1 Å². The van der Waals surface area contributed by atoms with Gasteiger partial charge in [-0.05, 0) is 30.2 Å². The Kier molecular flexibility index (Phi) is 7.53. The van der Waals surface area contributed by atoms with Gasteiger partial charge in [0.05, 0.1) is 11.1 Å². The van der Waals surface area contributed by atoms with Crippen molar-refractivity contribution in [3.05, 3.63) is 64.8 Å². The Labute approximate surface area is 193 Å². The number of carbonyl (C=O) groups is 1. The van der Waals surface area contributed by atoms with E-state index in [2.05, 4.69) is 19.9 Å². The van der Waals surface area contributed by atoms with Crippen LogP contribution in [-0.2, 0) is 12.7 Å². The van der Waals surface area contributed by atoms with Gasteiger partial charge in [-0.1, -0.05) is 17.7 Å². The Balaban J connectivity index is 0.00000289. The average Bonchev–Trinajstić information content (AvgIpc) is 2.99. The topological polar surface area (TPSA) is 62.2 Å². The number of alkyl halides is 3. The number of halogens is 5. The first kappa shape index (κ1) is 24.2. The minimum atomic E-state index is -4.73. The summed E-state index contributed by atoms with van der Waals surface area (Å²) in [4.78, 5) is 28.4. The zero-order valence-electron chi connectivity index (χ0n) is 16.8. The third-order valence-corrected chi connectivity index (χ3v) is 5.41. The SMILES string of the molecule is Cl.O=C(c1cc2cnccc2nc1C(F)(F)F)N1CCCN(Cc2ccc(Cl)nc2)CC1. The van der Waals surface area contributed by atoms with Gasteiger partial charge in [-0.3, -0.25) is 14.7 Å².